The van der Waals surface area contributed by atoms with Gasteiger partial charge in [-0.15, -0.1) is 0 Å². The Hall–Kier alpha value is -2.67. The summed E-state index contributed by atoms with van der Waals surface area (Å²) in [4.78, 5) is 30.5. The van der Waals surface area contributed by atoms with E-state index in [0.717, 1.165) is 5.69 Å². The van der Waals surface area contributed by atoms with Gasteiger partial charge in [0.15, 0.2) is 5.76 Å². The van der Waals surface area contributed by atoms with Crippen molar-refractivity contribution in [2.45, 2.75) is 19.5 Å². The van der Waals surface area contributed by atoms with Gasteiger partial charge in [0.2, 0.25) is 5.91 Å². The average Bonchev–Trinajstić information content (AvgIpc) is 3.13. The number of aromatic nitrogens is 1. The maximum atomic E-state index is 12.7. The van der Waals surface area contributed by atoms with E-state index in [9.17, 15) is 9.59 Å². The Morgan fingerprint density at radius 3 is 2.79 bits per heavy atom. The minimum Gasteiger partial charge on any atom is -0.459 e. The van der Waals surface area contributed by atoms with Crippen LogP contribution in [0.5, 0.6) is 0 Å². The zero-order valence-electron chi connectivity index (χ0n) is 13.8. The van der Waals surface area contributed by atoms with Gasteiger partial charge in [0, 0.05) is 19.9 Å². The van der Waals surface area contributed by atoms with Gasteiger partial charge in [-0.2, -0.15) is 0 Å². The predicted molar refractivity (Wildman–Crippen MR) is 87.2 cm³/mol. The van der Waals surface area contributed by atoms with E-state index in [1.165, 1.54) is 6.26 Å². The monoisotopic (exact) mass is 331 g/mol. The normalized spacial score (nSPS) is 11.8. The second-order valence-corrected chi connectivity index (χ2v) is 5.25. The molecule has 24 heavy (non-hydrogen) atoms. The molecular formula is C17H21N3O4. The summed E-state index contributed by atoms with van der Waals surface area (Å²) in [5.74, 6) is -0.467. The lowest BCUT2D eigenvalue weighted by atomic mass is 10.2. The van der Waals surface area contributed by atoms with E-state index in [2.05, 4.69) is 10.3 Å². The fourth-order valence-electron chi connectivity index (χ4n) is 2.17. The Bertz CT molecular complexity index is 643. The van der Waals surface area contributed by atoms with Gasteiger partial charge >= 0.3 is 0 Å². The van der Waals surface area contributed by atoms with E-state index >= 15 is 0 Å². The van der Waals surface area contributed by atoms with Crippen LogP contribution >= 0.6 is 0 Å². The lowest BCUT2D eigenvalue weighted by molar-refractivity contribution is -0.134. The first kappa shape index (κ1) is 17.7. The Morgan fingerprint density at radius 1 is 1.33 bits per heavy atom. The molecule has 1 N–H and O–H groups in total. The van der Waals surface area contributed by atoms with Crippen LogP contribution in [0.15, 0.2) is 47.2 Å². The van der Waals surface area contributed by atoms with Crippen molar-refractivity contribution in [2.75, 3.05) is 20.3 Å². The van der Waals surface area contributed by atoms with Crippen LogP contribution in [-0.4, -0.2) is 48.0 Å². The molecule has 0 saturated carbocycles. The second kappa shape index (κ2) is 8.83. The number of carbonyl (C=O) groups is 2. The first-order chi connectivity index (χ1) is 11.6. The molecule has 0 fully saturated rings. The van der Waals surface area contributed by atoms with Crippen LogP contribution < -0.4 is 5.32 Å². The molecule has 0 aliphatic heterocycles. The highest BCUT2D eigenvalue weighted by atomic mass is 16.5. The van der Waals surface area contributed by atoms with Gasteiger partial charge in [0.25, 0.3) is 5.91 Å². The third-order valence-electron chi connectivity index (χ3n) is 3.42. The van der Waals surface area contributed by atoms with Crippen molar-refractivity contribution in [3.63, 3.8) is 0 Å². The zero-order chi connectivity index (χ0) is 17.4. The molecule has 2 aromatic rings. The summed E-state index contributed by atoms with van der Waals surface area (Å²) < 4.78 is 10.1. The quantitative estimate of drug-likeness (QED) is 0.792. The number of amides is 2. The molecule has 0 spiro atoms. The Morgan fingerprint density at radius 2 is 2.17 bits per heavy atom. The van der Waals surface area contributed by atoms with E-state index in [4.69, 9.17) is 9.15 Å². The Labute approximate surface area is 140 Å². The number of methoxy groups -OCH3 is 1. The van der Waals surface area contributed by atoms with Crippen molar-refractivity contribution >= 4 is 11.8 Å². The fourth-order valence-corrected chi connectivity index (χ4v) is 2.17. The lowest BCUT2D eigenvalue weighted by Crippen LogP contribution is -2.47. The van der Waals surface area contributed by atoms with Gasteiger partial charge in [-0.25, -0.2) is 0 Å². The molecule has 0 bridgehead atoms. The van der Waals surface area contributed by atoms with E-state index in [0.29, 0.717) is 19.7 Å². The zero-order valence-corrected chi connectivity index (χ0v) is 13.8. The third-order valence-corrected chi connectivity index (χ3v) is 3.42. The number of furan rings is 1. The second-order valence-electron chi connectivity index (χ2n) is 5.25. The minimum absolute atomic E-state index is 0.169. The highest BCUT2D eigenvalue weighted by Crippen LogP contribution is 2.06. The van der Waals surface area contributed by atoms with Gasteiger partial charge in [-0.1, -0.05) is 6.07 Å². The number of carbonyl (C=O) groups excluding carboxylic acids is 2. The van der Waals surface area contributed by atoms with Crippen molar-refractivity contribution in [3.05, 3.63) is 54.2 Å². The van der Waals surface area contributed by atoms with Crippen LogP contribution in [0.2, 0.25) is 0 Å². The molecular weight excluding hydrogens is 310 g/mol. The highest BCUT2D eigenvalue weighted by Gasteiger charge is 2.23. The summed E-state index contributed by atoms with van der Waals surface area (Å²) in [6.45, 7) is 2.80. The Balaban J connectivity index is 2.01. The summed E-state index contributed by atoms with van der Waals surface area (Å²) >= 11 is 0. The average molecular weight is 331 g/mol. The van der Waals surface area contributed by atoms with Gasteiger partial charge in [-0.3, -0.25) is 14.6 Å². The van der Waals surface area contributed by atoms with Gasteiger partial charge in [0.1, 0.15) is 6.04 Å². The van der Waals surface area contributed by atoms with Crippen molar-refractivity contribution < 1.29 is 18.7 Å². The van der Waals surface area contributed by atoms with Gasteiger partial charge < -0.3 is 19.4 Å². The first-order valence-corrected chi connectivity index (χ1v) is 7.64. The number of rotatable bonds is 8. The molecule has 0 aliphatic rings. The number of hydrogen-bond acceptors (Lipinski definition) is 5. The van der Waals surface area contributed by atoms with Crippen LogP contribution in [0.25, 0.3) is 0 Å². The fraction of sp³-hybridized carbons (Fsp3) is 0.353. The standard InChI is InChI=1S/C17H21N3O4/c1-13(19-16(21)15-7-5-10-24-15)17(22)20(9-11-23-2)12-14-6-3-4-8-18-14/h3-8,10,13H,9,11-12H2,1-2H3,(H,19,21). The van der Waals surface area contributed by atoms with Crippen LogP contribution in [-0.2, 0) is 16.1 Å². The smallest absolute Gasteiger partial charge is 0.287 e. The summed E-state index contributed by atoms with van der Waals surface area (Å²) in [5.41, 5.74) is 0.770. The highest BCUT2D eigenvalue weighted by molar-refractivity contribution is 5.95. The summed E-state index contributed by atoms with van der Waals surface area (Å²) in [6, 6.07) is 8.00. The van der Waals surface area contributed by atoms with Crippen LogP contribution in [0.3, 0.4) is 0 Å². The molecule has 2 heterocycles. The number of pyridine rings is 1. The molecule has 0 aliphatic carbocycles. The maximum Gasteiger partial charge on any atom is 0.287 e. The number of nitrogens with zero attached hydrogens (tertiary/aromatic N) is 2. The van der Waals surface area contributed by atoms with Gasteiger partial charge in [0.05, 0.1) is 25.1 Å². The molecule has 0 saturated heterocycles. The van der Waals surface area contributed by atoms with Crippen molar-refractivity contribution in [1.29, 1.82) is 0 Å². The van der Waals surface area contributed by atoms with Crippen LogP contribution in [0.4, 0.5) is 0 Å². The molecule has 0 radical (unpaired) electrons. The molecule has 1 unspecified atom stereocenters. The van der Waals surface area contributed by atoms with Crippen molar-refractivity contribution in [1.82, 2.24) is 15.2 Å². The molecule has 7 heteroatoms. The summed E-state index contributed by atoms with van der Waals surface area (Å²) in [6.07, 6.45) is 3.09. The summed E-state index contributed by atoms with van der Waals surface area (Å²) in [7, 11) is 1.57. The van der Waals surface area contributed by atoms with Crippen LogP contribution in [0.1, 0.15) is 23.2 Å². The largest absolute Gasteiger partial charge is 0.459 e. The topological polar surface area (TPSA) is 84.7 Å². The number of hydrogen-bond donors (Lipinski definition) is 1. The molecule has 2 rings (SSSR count). The molecule has 2 aromatic heterocycles. The third kappa shape index (κ3) is 4.92. The van der Waals surface area contributed by atoms with Crippen LogP contribution in [0, 0.1) is 0 Å². The predicted octanol–water partition coefficient (Wildman–Crippen LogP) is 1.47. The number of nitrogens with one attached hydrogen (secondary N) is 1. The molecule has 1 atom stereocenters. The first-order valence-electron chi connectivity index (χ1n) is 7.64. The molecule has 128 valence electrons. The number of ether oxygens (including phenoxy) is 1. The van der Waals surface area contributed by atoms with Gasteiger partial charge in [-0.05, 0) is 31.2 Å². The molecule has 2 amide bonds. The summed E-state index contributed by atoms with van der Waals surface area (Å²) in [5, 5.41) is 2.64. The SMILES string of the molecule is COCCN(Cc1ccccn1)C(=O)C(C)NC(=O)c1ccco1. The van der Waals surface area contributed by atoms with E-state index in [1.54, 1.807) is 37.3 Å². The van der Waals surface area contributed by atoms with Crippen molar-refractivity contribution in [2.24, 2.45) is 0 Å². The minimum atomic E-state index is -0.692. The van der Waals surface area contributed by atoms with E-state index in [-0.39, 0.29) is 11.7 Å². The molecule has 7 nitrogen and oxygen atoms in total. The van der Waals surface area contributed by atoms with Crippen molar-refractivity contribution in [3.8, 4) is 0 Å². The van der Waals surface area contributed by atoms with E-state index < -0.39 is 11.9 Å². The van der Waals surface area contributed by atoms with E-state index in [1.807, 2.05) is 18.2 Å². The lowest BCUT2D eigenvalue weighted by Gasteiger charge is -2.25. The Kier molecular flexibility index (Phi) is 6.51. The molecule has 0 aromatic carbocycles. The maximum absolute atomic E-state index is 12.7.